The van der Waals surface area contributed by atoms with Gasteiger partial charge in [0.15, 0.2) is 0 Å². The van der Waals surface area contributed by atoms with E-state index in [1.165, 1.54) is 59.0 Å². The lowest BCUT2D eigenvalue weighted by atomic mass is 9.95. The topological polar surface area (TPSA) is 3.24 Å². The average molecular weight is 360 g/mol. The number of benzene rings is 3. The first-order valence-corrected chi connectivity index (χ1v) is 10.5. The van der Waals surface area contributed by atoms with Crippen molar-refractivity contribution in [3.8, 4) is 11.1 Å². The third-order valence-corrected chi connectivity index (χ3v) is 5.64. The van der Waals surface area contributed by atoms with Crippen LogP contribution >= 0.6 is 0 Å². The van der Waals surface area contributed by atoms with Crippen LogP contribution in [0.25, 0.3) is 21.9 Å². The Morgan fingerprint density at radius 1 is 0.852 bits per heavy atom. The van der Waals surface area contributed by atoms with Crippen molar-refractivity contribution in [2.24, 2.45) is 5.92 Å². The van der Waals surface area contributed by atoms with Gasteiger partial charge in [-0.15, -0.1) is 0 Å². The van der Waals surface area contributed by atoms with Gasteiger partial charge in [0.05, 0.1) is 0 Å². The monoisotopic (exact) mass is 359 g/mol. The van der Waals surface area contributed by atoms with Crippen molar-refractivity contribution < 1.29 is 0 Å². The van der Waals surface area contributed by atoms with Crippen molar-refractivity contribution in [1.82, 2.24) is 4.90 Å². The maximum atomic E-state index is 2.59. The zero-order valence-electron chi connectivity index (χ0n) is 17.3. The fourth-order valence-electron chi connectivity index (χ4n) is 3.93. The Bertz CT molecular complexity index is 855. The fourth-order valence-corrected chi connectivity index (χ4v) is 3.93. The van der Waals surface area contributed by atoms with E-state index in [1.54, 1.807) is 0 Å². The Morgan fingerprint density at radius 3 is 2.07 bits per heavy atom. The van der Waals surface area contributed by atoms with E-state index in [-0.39, 0.29) is 0 Å². The first-order valence-electron chi connectivity index (χ1n) is 10.5. The highest BCUT2D eigenvalue weighted by atomic mass is 15.1. The smallest absolute Gasteiger partial charge is 0.0233 e. The molecule has 0 amide bonds. The van der Waals surface area contributed by atoms with Crippen molar-refractivity contribution in [1.29, 1.82) is 0 Å². The summed E-state index contributed by atoms with van der Waals surface area (Å²) in [6.45, 7) is 12.2. The largest absolute Gasteiger partial charge is 0.299 e. The van der Waals surface area contributed by atoms with E-state index in [4.69, 9.17) is 0 Å². The number of nitrogens with zero attached hydrogens (tertiary/aromatic N) is 1. The first kappa shape index (κ1) is 19.6. The lowest BCUT2D eigenvalue weighted by Crippen LogP contribution is -2.32. The molecular weight excluding hydrogens is 326 g/mol. The van der Waals surface area contributed by atoms with Gasteiger partial charge in [-0.2, -0.15) is 0 Å². The van der Waals surface area contributed by atoms with Crippen LogP contribution in [-0.4, -0.2) is 18.0 Å². The molecular formula is C26H33N. The Balaban J connectivity index is 0.00000102. The molecule has 0 saturated carbocycles. The minimum atomic E-state index is 0.898. The molecule has 1 saturated heterocycles. The van der Waals surface area contributed by atoms with Crippen molar-refractivity contribution in [3.05, 3.63) is 71.8 Å². The molecule has 27 heavy (non-hydrogen) atoms. The third-order valence-electron chi connectivity index (χ3n) is 5.64. The first-order chi connectivity index (χ1) is 13.2. The van der Waals surface area contributed by atoms with Gasteiger partial charge in [-0.05, 0) is 77.9 Å². The lowest BCUT2D eigenvalue weighted by molar-refractivity contribution is 0.185. The van der Waals surface area contributed by atoms with E-state index in [0.717, 1.165) is 12.5 Å². The Labute approximate surface area is 165 Å². The van der Waals surface area contributed by atoms with Crippen molar-refractivity contribution in [3.63, 3.8) is 0 Å². The van der Waals surface area contributed by atoms with E-state index < -0.39 is 0 Å². The number of likely N-dealkylation sites (tertiary alicyclic amines) is 1. The molecule has 1 heterocycles. The molecule has 0 bridgehead atoms. The quantitative estimate of drug-likeness (QED) is 0.483. The van der Waals surface area contributed by atoms with Crippen molar-refractivity contribution in [2.75, 3.05) is 13.1 Å². The van der Waals surface area contributed by atoms with Gasteiger partial charge in [0, 0.05) is 6.54 Å². The third kappa shape index (κ3) is 4.78. The summed E-state index contributed by atoms with van der Waals surface area (Å²) in [6.07, 6.45) is 2.68. The number of hydrogen-bond donors (Lipinski definition) is 0. The molecule has 0 unspecified atom stereocenters. The summed E-state index contributed by atoms with van der Waals surface area (Å²) in [7, 11) is 0. The molecule has 0 spiro atoms. The van der Waals surface area contributed by atoms with Crippen LogP contribution in [0.2, 0.25) is 0 Å². The molecule has 1 fully saturated rings. The minimum absolute atomic E-state index is 0.898. The van der Waals surface area contributed by atoms with Crippen LogP contribution in [0.15, 0.2) is 60.7 Å². The maximum absolute atomic E-state index is 2.59. The van der Waals surface area contributed by atoms with Gasteiger partial charge in [0.2, 0.25) is 0 Å². The number of hydrogen-bond acceptors (Lipinski definition) is 1. The molecule has 0 aromatic heterocycles. The van der Waals surface area contributed by atoms with Gasteiger partial charge in [-0.3, -0.25) is 4.90 Å². The van der Waals surface area contributed by atoms with Gasteiger partial charge in [0.25, 0.3) is 0 Å². The van der Waals surface area contributed by atoms with Gasteiger partial charge >= 0.3 is 0 Å². The summed E-state index contributed by atoms with van der Waals surface area (Å²) < 4.78 is 0. The molecule has 0 N–H and O–H groups in total. The lowest BCUT2D eigenvalue weighted by Gasteiger charge is -2.30. The highest BCUT2D eigenvalue weighted by Gasteiger charge is 2.15. The molecule has 0 aliphatic carbocycles. The number of aryl methyl sites for hydroxylation is 1. The van der Waals surface area contributed by atoms with Crippen LogP contribution < -0.4 is 0 Å². The average Bonchev–Trinajstić information content (AvgIpc) is 2.71. The molecule has 142 valence electrons. The molecule has 1 aliphatic heterocycles. The predicted molar refractivity (Wildman–Crippen MR) is 119 cm³/mol. The molecule has 3 aromatic rings. The normalized spacial score (nSPS) is 15.4. The van der Waals surface area contributed by atoms with E-state index in [2.05, 4.69) is 79.4 Å². The Morgan fingerprint density at radius 2 is 1.44 bits per heavy atom. The van der Waals surface area contributed by atoms with E-state index in [0.29, 0.717) is 0 Å². The second-order valence-corrected chi connectivity index (χ2v) is 7.67. The number of fused-ring (bicyclic) bond motifs is 1. The zero-order valence-corrected chi connectivity index (χ0v) is 17.3. The fraction of sp³-hybridized carbons (Fsp3) is 0.385. The summed E-state index contributed by atoms with van der Waals surface area (Å²) in [5, 5.41) is 2.63. The molecule has 0 radical (unpaired) electrons. The van der Waals surface area contributed by atoms with Crippen LogP contribution in [0.3, 0.4) is 0 Å². The summed E-state index contributed by atoms with van der Waals surface area (Å²) in [5.41, 5.74) is 5.43. The summed E-state index contributed by atoms with van der Waals surface area (Å²) in [4.78, 5) is 2.59. The summed E-state index contributed by atoms with van der Waals surface area (Å²) in [5.74, 6) is 0.898. The molecule has 0 atom stereocenters. The highest BCUT2D eigenvalue weighted by molar-refractivity contribution is 5.89. The van der Waals surface area contributed by atoms with Crippen molar-refractivity contribution in [2.45, 2.75) is 47.1 Å². The van der Waals surface area contributed by atoms with Crippen LogP contribution in [0, 0.1) is 12.8 Å². The van der Waals surface area contributed by atoms with Crippen LogP contribution in [0.5, 0.6) is 0 Å². The molecule has 1 nitrogen and oxygen atoms in total. The second kappa shape index (κ2) is 9.19. The second-order valence-electron chi connectivity index (χ2n) is 7.67. The molecule has 4 rings (SSSR count). The van der Waals surface area contributed by atoms with Crippen LogP contribution in [0.1, 0.15) is 44.7 Å². The molecule has 1 aliphatic rings. The van der Waals surface area contributed by atoms with Gasteiger partial charge in [0.1, 0.15) is 0 Å². The minimum Gasteiger partial charge on any atom is -0.299 e. The predicted octanol–water partition coefficient (Wildman–Crippen LogP) is 7.07. The molecule has 3 aromatic carbocycles. The number of rotatable bonds is 3. The number of piperidine rings is 1. The summed E-state index contributed by atoms with van der Waals surface area (Å²) in [6, 6.07) is 22.4. The molecule has 1 heteroatoms. The van der Waals surface area contributed by atoms with Crippen LogP contribution in [-0.2, 0) is 6.54 Å². The Hall–Kier alpha value is -2.12. The Kier molecular flexibility index (Phi) is 6.68. The maximum Gasteiger partial charge on any atom is 0.0233 e. The van der Waals surface area contributed by atoms with E-state index >= 15 is 0 Å². The van der Waals surface area contributed by atoms with E-state index in [1.807, 2.05) is 13.8 Å². The SMILES string of the molecule is CC.Cc1cc2ccccc2cc1-c1ccc(CN2CCC(C)CC2)cc1. The zero-order chi connectivity index (χ0) is 19.2. The standard InChI is InChI=1S/C24H27N.C2H6/c1-18-11-13-25(14-12-18)17-20-7-9-21(10-8-20)24-16-23-6-4-3-5-22(23)15-19(24)2;1-2/h3-10,15-16,18H,11-14,17H2,1-2H3;1-2H3. The van der Waals surface area contributed by atoms with Crippen molar-refractivity contribution >= 4 is 10.8 Å². The van der Waals surface area contributed by atoms with Gasteiger partial charge < -0.3 is 0 Å². The summed E-state index contributed by atoms with van der Waals surface area (Å²) >= 11 is 0. The van der Waals surface area contributed by atoms with E-state index in [9.17, 15) is 0 Å². The highest BCUT2D eigenvalue weighted by Crippen LogP contribution is 2.29. The van der Waals surface area contributed by atoms with Gasteiger partial charge in [-0.1, -0.05) is 75.4 Å². The van der Waals surface area contributed by atoms with Crippen LogP contribution in [0.4, 0.5) is 0 Å². The van der Waals surface area contributed by atoms with Gasteiger partial charge in [-0.25, -0.2) is 0 Å².